The average Bonchev–Trinajstić information content (AvgIpc) is 3.00. The average molecular weight is 251 g/mol. The third-order valence-corrected chi connectivity index (χ3v) is 4.53. The van der Waals surface area contributed by atoms with Gasteiger partial charge in [0.1, 0.15) is 0 Å². The number of ether oxygens (including phenoxy) is 1. The molecule has 2 bridgehead atoms. The molecule has 0 N–H and O–H groups in total. The second kappa shape index (κ2) is 6.22. The van der Waals surface area contributed by atoms with Crippen LogP contribution in [-0.4, -0.2) is 13.1 Å². The number of hydrogen-bond acceptors (Lipinski definition) is 3. The Balaban J connectivity index is 0.000000180. The van der Waals surface area contributed by atoms with E-state index in [4.69, 9.17) is 5.26 Å². The second-order valence-corrected chi connectivity index (χ2v) is 6.14. The highest BCUT2D eigenvalue weighted by Crippen LogP contribution is 2.47. The number of methoxy groups -OCH3 is 1. The first-order valence-corrected chi connectivity index (χ1v) is 6.92. The fourth-order valence-corrected chi connectivity index (χ4v) is 2.82. The molecule has 2 fully saturated rings. The lowest BCUT2D eigenvalue weighted by Gasteiger charge is -2.17. The van der Waals surface area contributed by atoms with E-state index >= 15 is 0 Å². The molecular formula is C15H25NO2. The number of carbonyl (C=O) groups is 1. The Kier molecular flexibility index (Phi) is 5.19. The van der Waals surface area contributed by atoms with Gasteiger partial charge >= 0.3 is 5.97 Å². The summed E-state index contributed by atoms with van der Waals surface area (Å²) in [5.74, 6) is 2.02. The maximum absolute atomic E-state index is 10.8. The Morgan fingerprint density at radius 3 is 2.28 bits per heavy atom. The molecule has 3 unspecified atom stereocenters. The van der Waals surface area contributed by atoms with Crippen LogP contribution in [0.3, 0.4) is 0 Å². The van der Waals surface area contributed by atoms with Gasteiger partial charge < -0.3 is 4.74 Å². The van der Waals surface area contributed by atoms with Gasteiger partial charge in [-0.25, -0.2) is 0 Å². The van der Waals surface area contributed by atoms with Crippen LogP contribution in [0.1, 0.15) is 52.9 Å². The summed E-state index contributed by atoms with van der Waals surface area (Å²) in [4.78, 5) is 10.8. The SMILES string of the molecule is CCC(C)(C)C(=O)OC.N#CC1CC2CCC1C2. The highest BCUT2D eigenvalue weighted by atomic mass is 16.5. The first kappa shape index (κ1) is 15.0. The maximum atomic E-state index is 10.8. The van der Waals surface area contributed by atoms with Crippen molar-refractivity contribution < 1.29 is 9.53 Å². The van der Waals surface area contributed by atoms with Crippen molar-refractivity contribution in [2.24, 2.45) is 23.2 Å². The first-order chi connectivity index (χ1) is 8.44. The van der Waals surface area contributed by atoms with Crippen molar-refractivity contribution >= 4 is 5.97 Å². The predicted molar refractivity (Wildman–Crippen MR) is 70.6 cm³/mol. The summed E-state index contributed by atoms with van der Waals surface area (Å²) in [5, 5.41) is 8.64. The zero-order chi connectivity index (χ0) is 13.8. The number of rotatable bonds is 2. The Labute approximate surface area is 111 Å². The van der Waals surface area contributed by atoms with Crippen LogP contribution in [0, 0.1) is 34.5 Å². The molecule has 2 rings (SSSR count). The maximum Gasteiger partial charge on any atom is 0.311 e. The zero-order valence-electron chi connectivity index (χ0n) is 12.0. The summed E-state index contributed by atoms with van der Waals surface area (Å²) in [6.45, 7) is 5.72. The van der Waals surface area contributed by atoms with Gasteiger partial charge in [-0.15, -0.1) is 0 Å². The fourth-order valence-electron chi connectivity index (χ4n) is 2.82. The van der Waals surface area contributed by atoms with Crippen LogP contribution in [0.4, 0.5) is 0 Å². The lowest BCUT2D eigenvalue weighted by Crippen LogP contribution is -2.24. The number of nitrogens with zero attached hydrogens (tertiary/aromatic N) is 1. The molecule has 3 atom stereocenters. The van der Waals surface area contributed by atoms with Gasteiger partial charge in [0.15, 0.2) is 0 Å². The van der Waals surface area contributed by atoms with Crippen molar-refractivity contribution in [1.29, 1.82) is 5.26 Å². The van der Waals surface area contributed by atoms with Gasteiger partial charge in [-0.05, 0) is 51.4 Å². The Morgan fingerprint density at radius 1 is 1.39 bits per heavy atom. The highest BCUT2D eigenvalue weighted by Gasteiger charge is 2.39. The second-order valence-electron chi connectivity index (χ2n) is 6.14. The molecule has 0 aliphatic heterocycles. The highest BCUT2D eigenvalue weighted by molar-refractivity contribution is 5.75. The fraction of sp³-hybridized carbons (Fsp3) is 0.867. The third-order valence-electron chi connectivity index (χ3n) is 4.53. The topological polar surface area (TPSA) is 50.1 Å². The normalized spacial score (nSPS) is 29.2. The molecule has 0 aromatic rings. The molecule has 0 aromatic carbocycles. The minimum atomic E-state index is -0.311. The molecule has 18 heavy (non-hydrogen) atoms. The monoisotopic (exact) mass is 251 g/mol. The zero-order valence-corrected chi connectivity index (χ0v) is 12.0. The van der Waals surface area contributed by atoms with E-state index in [2.05, 4.69) is 10.8 Å². The Hall–Kier alpha value is -1.04. The molecule has 3 nitrogen and oxygen atoms in total. The van der Waals surface area contributed by atoms with Crippen molar-refractivity contribution in [3.05, 3.63) is 0 Å². The van der Waals surface area contributed by atoms with E-state index in [9.17, 15) is 4.79 Å². The van der Waals surface area contributed by atoms with Crippen LogP contribution in [0.2, 0.25) is 0 Å². The molecule has 2 saturated carbocycles. The van der Waals surface area contributed by atoms with E-state index in [1.807, 2.05) is 20.8 Å². The van der Waals surface area contributed by atoms with E-state index in [0.717, 1.165) is 18.3 Å². The molecule has 3 heteroatoms. The molecule has 2 aliphatic rings. The molecule has 2 aliphatic carbocycles. The van der Waals surface area contributed by atoms with Crippen molar-refractivity contribution in [2.45, 2.75) is 52.9 Å². The molecule has 0 saturated heterocycles. The molecule has 102 valence electrons. The summed E-state index contributed by atoms with van der Waals surface area (Å²) in [5.41, 5.74) is -0.311. The summed E-state index contributed by atoms with van der Waals surface area (Å²) in [6, 6.07) is 2.40. The molecule has 0 heterocycles. The lowest BCUT2D eigenvalue weighted by molar-refractivity contribution is -0.150. The van der Waals surface area contributed by atoms with Gasteiger partial charge in [0, 0.05) is 5.92 Å². The van der Waals surface area contributed by atoms with E-state index in [0.29, 0.717) is 5.92 Å². The molecule has 0 spiro atoms. The Morgan fingerprint density at radius 2 is 2.06 bits per heavy atom. The Bertz CT molecular complexity index is 330. The third kappa shape index (κ3) is 3.48. The smallest absolute Gasteiger partial charge is 0.311 e. The van der Waals surface area contributed by atoms with Gasteiger partial charge in [-0.2, -0.15) is 5.26 Å². The number of fused-ring (bicyclic) bond motifs is 2. The van der Waals surface area contributed by atoms with Gasteiger partial charge in [-0.3, -0.25) is 4.79 Å². The van der Waals surface area contributed by atoms with E-state index in [1.165, 1.54) is 32.8 Å². The predicted octanol–water partition coefficient (Wildman–Crippen LogP) is 3.54. The summed E-state index contributed by atoms with van der Waals surface area (Å²) >= 11 is 0. The van der Waals surface area contributed by atoms with E-state index < -0.39 is 0 Å². The van der Waals surface area contributed by atoms with Crippen molar-refractivity contribution in [3.8, 4) is 6.07 Å². The van der Waals surface area contributed by atoms with Gasteiger partial charge in [0.05, 0.1) is 18.6 Å². The number of carbonyl (C=O) groups excluding carboxylic acids is 1. The van der Waals surface area contributed by atoms with Gasteiger partial charge in [0.2, 0.25) is 0 Å². The molecule has 0 radical (unpaired) electrons. The lowest BCUT2D eigenvalue weighted by atomic mass is 9.90. The number of hydrogen-bond donors (Lipinski definition) is 0. The number of nitriles is 1. The summed E-state index contributed by atoms with van der Waals surface area (Å²) < 4.78 is 4.57. The van der Waals surface area contributed by atoms with Crippen LogP contribution < -0.4 is 0 Å². The molecule has 0 aromatic heterocycles. The quantitative estimate of drug-likeness (QED) is 0.705. The standard InChI is InChI=1S/C8H11N.C7H14O2/c9-5-8-4-6-1-2-7(8)3-6;1-5-7(2,3)6(8)9-4/h6-8H,1-4H2;5H2,1-4H3. The van der Waals surface area contributed by atoms with Crippen LogP contribution in [-0.2, 0) is 9.53 Å². The summed E-state index contributed by atoms with van der Waals surface area (Å²) in [7, 11) is 1.42. The molecular weight excluding hydrogens is 226 g/mol. The minimum Gasteiger partial charge on any atom is -0.469 e. The molecule has 0 amide bonds. The minimum absolute atomic E-state index is 0.134. The van der Waals surface area contributed by atoms with Gasteiger partial charge in [-0.1, -0.05) is 13.3 Å². The number of esters is 1. The van der Waals surface area contributed by atoms with E-state index in [1.54, 1.807) is 0 Å². The van der Waals surface area contributed by atoms with Crippen LogP contribution >= 0.6 is 0 Å². The van der Waals surface area contributed by atoms with Crippen LogP contribution in [0.5, 0.6) is 0 Å². The van der Waals surface area contributed by atoms with Crippen molar-refractivity contribution in [2.75, 3.05) is 7.11 Å². The largest absolute Gasteiger partial charge is 0.469 e. The van der Waals surface area contributed by atoms with Crippen molar-refractivity contribution in [1.82, 2.24) is 0 Å². The summed E-state index contributed by atoms with van der Waals surface area (Å²) in [6.07, 6.45) is 6.13. The van der Waals surface area contributed by atoms with Crippen LogP contribution in [0.15, 0.2) is 0 Å². The van der Waals surface area contributed by atoms with Crippen molar-refractivity contribution in [3.63, 3.8) is 0 Å². The first-order valence-electron chi connectivity index (χ1n) is 6.92. The van der Waals surface area contributed by atoms with Crippen LogP contribution in [0.25, 0.3) is 0 Å². The van der Waals surface area contributed by atoms with E-state index in [-0.39, 0.29) is 11.4 Å². The van der Waals surface area contributed by atoms with Gasteiger partial charge in [0.25, 0.3) is 0 Å².